The summed E-state index contributed by atoms with van der Waals surface area (Å²) >= 11 is 1.84. The summed E-state index contributed by atoms with van der Waals surface area (Å²) in [4.78, 5) is 16.0. The second-order valence-electron chi connectivity index (χ2n) is 5.34. The van der Waals surface area contributed by atoms with Crippen LogP contribution in [-0.2, 0) is 22.5 Å². The molecule has 0 spiro atoms. The highest BCUT2D eigenvalue weighted by molar-refractivity contribution is 7.10. The Labute approximate surface area is 129 Å². The third-order valence-electron chi connectivity index (χ3n) is 4.02. The van der Waals surface area contributed by atoms with Crippen LogP contribution < -0.4 is 0 Å². The summed E-state index contributed by atoms with van der Waals surface area (Å²) in [6.45, 7) is 2.65. The lowest BCUT2D eigenvalue weighted by Crippen LogP contribution is -2.36. The van der Waals surface area contributed by atoms with Gasteiger partial charge in [0, 0.05) is 24.5 Å². The molecule has 1 aromatic heterocycles. The number of fused-ring (bicyclic) bond motifs is 1. The van der Waals surface area contributed by atoms with Crippen LogP contribution in [0.25, 0.3) is 0 Å². The van der Waals surface area contributed by atoms with Crippen molar-refractivity contribution in [3.05, 3.63) is 57.8 Å². The quantitative estimate of drug-likeness (QED) is 0.813. The van der Waals surface area contributed by atoms with Gasteiger partial charge in [0.05, 0.1) is 13.0 Å². The number of esters is 1. The van der Waals surface area contributed by atoms with E-state index in [2.05, 4.69) is 16.3 Å². The first-order valence-corrected chi connectivity index (χ1v) is 8.06. The van der Waals surface area contributed by atoms with E-state index in [0.29, 0.717) is 6.54 Å². The van der Waals surface area contributed by atoms with Gasteiger partial charge in [-0.15, -0.1) is 11.3 Å². The topological polar surface area (TPSA) is 29.5 Å². The monoisotopic (exact) mass is 301 g/mol. The predicted octanol–water partition coefficient (Wildman–Crippen LogP) is 3.06. The fourth-order valence-electron chi connectivity index (χ4n) is 2.86. The SMILES string of the molecule is COC(=O)C(CN1CCc2sccc2C1)c1ccccc1. The molecular weight excluding hydrogens is 282 g/mol. The molecule has 110 valence electrons. The number of nitrogens with zero attached hydrogens (tertiary/aromatic N) is 1. The molecule has 2 aromatic rings. The van der Waals surface area contributed by atoms with Crippen molar-refractivity contribution in [1.82, 2.24) is 4.90 Å². The summed E-state index contributed by atoms with van der Waals surface area (Å²) in [7, 11) is 1.46. The number of benzene rings is 1. The number of hydrogen-bond acceptors (Lipinski definition) is 4. The molecule has 1 aliphatic rings. The molecule has 0 saturated carbocycles. The minimum Gasteiger partial charge on any atom is -0.469 e. The molecule has 0 saturated heterocycles. The zero-order valence-electron chi connectivity index (χ0n) is 12.1. The summed E-state index contributed by atoms with van der Waals surface area (Å²) in [5, 5.41) is 2.16. The minimum atomic E-state index is -0.212. The minimum absolute atomic E-state index is 0.155. The van der Waals surface area contributed by atoms with E-state index in [4.69, 9.17) is 4.74 Å². The van der Waals surface area contributed by atoms with Crippen molar-refractivity contribution in [2.24, 2.45) is 0 Å². The van der Waals surface area contributed by atoms with Gasteiger partial charge in [0.2, 0.25) is 0 Å². The Bertz CT molecular complexity index is 608. The molecule has 0 amide bonds. The van der Waals surface area contributed by atoms with E-state index in [0.717, 1.165) is 25.1 Å². The first-order valence-electron chi connectivity index (χ1n) is 7.18. The van der Waals surface area contributed by atoms with Gasteiger partial charge in [-0.1, -0.05) is 30.3 Å². The summed E-state index contributed by atoms with van der Waals surface area (Å²) in [5.74, 6) is -0.367. The Morgan fingerprint density at radius 3 is 2.90 bits per heavy atom. The van der Waals surface area contributed by atoms with Crippen LogP contribution in [0.15, 0.2) is 41.8 Å². The highest BCUT2D eigenvalue weighted by atomic mass is 32.1. The number of hydrogen-bond donors (Lipinski definition) is 0. The summed E-state index contributed by atoms with van der Waals surface area (Å²) in [6, 6.07) is 12.1. The molecule has 0 fully saturated rings. The van der Waals surface area contributed by atoms with E-state index in [9.17, 15) is 4.79 Å². The highest BCUT2D eigenvalue weighted by Crippen LogP contribution is 2.26. The van der Waals surface area contributed by atoms with Crippen molar-refractivity contribution >= 4 is 17.3 Å². The molecule has 1 unspecified atom stereocenters. The van der Waals surface area contributed by atoms with Crippen LogP contribution in [0.3, 0.4) is 0 Å². The molecule has 0 aliphatic carbocycles. The van der Waals surface area contributed by atoms with E-state index in [1.807, 2.05) is 41.7 Å². The zero-order chi connectivity index (χ0) is 14.7. The average molecular weight is 301 g/mol. The molecule has 1 atom stereocenters. The van der Waals surface area contributed by atoms with Crippen LogP contribution in [0.2, 0.25) is 0 Å². The molecule has 1 aromatic carbocycles. The second-order valence-corrected chi connectivity index (χ2v) is 6.34. The van der Waals surface area contributed by atoms with Crippen LogP contribution in [-0.4, -0.2) is 31.1 Å². The van der Waals surface area contributed by atoms with E-state index >= 15 is 0 Å². The lowest BCUT2D eigenvalue weighted by Gasteiger charge is -2.29. The Balaban J connectivity index is 1.75. The third kappa shape index (κ3) is 3.17. The Morgan fingerprint density at radius 1 is 1.33 bits per heavy atom. The first kappa shape index (κ1) is 14.3. The Hall–Kier alpha value is -1.65. The van der Waals surface area contributed by atoms with Crippen molar-refractivity contribution in [2.75, 3.05) is 20.2 Å². The van der Waals surface area contributed by atoms with Crippen LogP contribution >= 0.6 is 11.3 Å². The van der Waals surface area contributed by atoms with E-state index < -0.39 is 0 Å². The number of carbonyl (C=O) groups excluding carboxylic acids is 1. The van der Waals surface area contributed by atoms with E-state index in [1.54, 1.807) is 0 Å². The van der Waals surface area contributed by atoms with Crippen molar-refractivity contribution in [1.29, 1.82) is 0 Å². The lowest BCUT2D eigenvalue weighted by atomic mass is 9.97. The van der Waals surface area contributed by atoms with Crippen molar-refractivity contribution in [3.8, 4) is 0 Å². The first-order chi connectivity index (χ1) is 10.3. The van der Waals surface area contributed by atoms with Crippen molar-refractivity contribution < 1.29 is 9.53 Å². The average Bonchev–Trinajstić information content (AvgIpc) is 3.00. The molecule has 4 heteroatoms. The lowest BCUT2D eigenvalue weighted by molar-refractivity contribution is -0.143. The maximum atomic E-state index is 12.1. The van der Waals surface area contributed by atoms with Crippen LogP contribution in [0.4, 0.5) is 0 Å². The maximum Gasteiger partial charge on any atom is 0.314 e. The molecule has 1 aliphatic heterocycles. The number of methoxy groups -OCH3 is 1. The summed E-state index contributed by atoms with van der Waals surface area (Å²) < 4.78 is 5.00. The van der Waals surface area contributed by atoms with E-state index in [1.165, 1.54) is 17.6 Å². The van der Waals surface area contributed by atoms with E-state index in [-0.39, 0.29) is 11.9 Å². The molecule has 2 heterocycles. The zero-order valence-corrected chi connectivity index (χ0v) is 12.9. The number of ether oxygens (including phenoxy) is 1. The van der Waals surface area contributed by atoms with Crippen LogP contribution in [0.1, 0.15) is 21.9 Å². The molecule has 21 heavy (non-hydrogen) atoms. The van der Waals surface area contributed by atoms with Gasteiger partial charge in [0.1, 0.15) is 0 Å². The number of carbonyl (C=O) groups is 1. The Kier molecular flexibility index (Phi) is 4.36. The van der Waals surface area contributed by atoms with Crippen molar-refractivity contribution in [2.45, 2.75) is 18.9 Å². The Morgan fingerprint density at radius 2 is 2.14 bits per heavy atom. The normalized spacial score (nSPS) is 16.2. The third-order valence-corrected chi connectivity index (χ3v) is 5.04. The smallest absolute Gasteiger partial charge is 0.314 e. The molecule has 0 radical (unpaired) electrons. The van der Waals surface area contributed by atoms with Crippen LogP contribution in [0.5, 0.6) is 0 Å². The molecule has 3 nitrogen and oxygen atoms in total. The molecule has 0 bridgehead atoms. The maximum absolute atomic E-state index is 12.1. The van der Waals surface area contributed by atoms with Gasteiger partial charge in [-0.05, 0) is 29.0 Å². The van der Waals surface area contributed by atoms with Gasteiger partial charge in [0.15, 0.2) is 0 Å². The molecule has 3 rings (SSSR count). The largest absolute Gasteiger partial charge is 0.469 e. The van der Waals surface area contributed by atoms with Gasteiger partial charge in [-0.25, -0.2) is 0 Å². The van der Waals surface area contributed by atoms with Crippen molar-refractivity contribution in [3.63, 3.8) is 0 Å². The van der Waals surface area contributed by atoms with Gasteiger partial charge in [-0.3, -0.25) is 9.69 Å². The fraction of sp³-hybridized carbons (Fsp3) is 0.353. The van der Waals surface area contributed by atoms with Gasteiger partial charge in [0.25, 0.3) is 0 Å². The standard InChI is InChI=1S/C17H19NO2S/c1-20-17(19)15(13-5-3-2-4-6-13)12-18-9-7-16-14(11-18)8-10-21-16/h2-6,8,10,15H,7,9,11-12H2,1H3. The van der Waals surface area contributed by atoms with Crippen LogP contribution in [0, 0.1) is 0 Å². The number of rotatable bonds is 4. The predicted molar refractivity (Wildman–Crippen MR) is 84.5 cm³/mol. The number of thiophene rings is 1. The summed E-state index contributed by atoms with van der Waals surface area (Å²) in [6.07, 6.45) is 1.08. The van der Waals surface area contributed by atoms with Gasteiger partial charge in [-0.2, -0.15) is 0 Å². The molecular formula is C17H19NO2S. The summed E-state index contributed by atoms with van der Waals surface area (Å²) in [5.41, 5.74) is 2.43. The fourth-order valence-corrected chi connectivity index (χ4v) is 3.75. The molecule has 0 N–H and O–H groups in total. The second kappa shape index (κ2) is 6.41. The van der Waals surface area contributed by atoms with Gasteiger partial charge < -0.3 is 4.74 Å². The highest BCUT2D eigenvalue weighted by Gasteiger charge is 2.26. The van der Waals surface area contributed by atoms with Gasteiger partial charge >= 0.3 is 5.97 Å².